The van der Waals surface area contributed by atoms with Crippen LogP contribution in [0.2, 0.25) is 0 Å². The number of benzene rings is 1. The topological polar surface area (TPSA) is 91.8 Å². The zero-order chi connectivity index (χ0) is 20.2. The maximum Gasteiger partial charge on any atom is 0.242 e. The molecule has 1 saturated heterocycles. The summed E-state index contributed by atoms with van der Waals surface area (Å²) in [4.78, 5) is 14.3. The molecule has 0 N–H and O–H groups in total. The van der Waals surface area contributed by atoms with Crippen molar-refractivity contribution >= 4 is 25.8 Å². The summed E-state index contributed by atoms with van der Waals surface area (Å²) in [7, 11) is -4.51. The number of rotatable bonds is 7. The fraction of sp³-hybridized carbons (Fsp3) is 0.611. The molecule has 1 heterocycles. The Morgan fingerprint density at radius 2 is 1.89 bits per heavy atom. The standard InChI is InChI=1S/C18H28N2O5S2/c1-4-16-9-5-6-11-20(16)18(21)14-26(22,23)13-15-8-7-10-17(12-15)27(24,25)19(2)3/h7-8,10,12,16H,4-6,9,11,13-14H2,1-3H3. The van der Waals surface area contributed by atoms with Crippen molar-refractivity contribution in [2.24, 2.45) is 0 Å². The van der Waals surface area contributed by atoms with Crippen LogP contribution in [0.15, 0.2) is 29.2 Å². The van der Waals surface area contributed by atoms with Crippen LogP contribution in [0.3, 0.4) is 0 Å². The Kier molecular flexibility index (Phi) is 7.04. The molecule has 7 nitrogen and oxygen atoms in total. The van der Waals surface area contributed by atoms with Crippen LogP contribution >= 0.6 is 0 Å². The van der Waals surface area contributed by atoms with Gasteiger partial charge in [-0.25, -0.2) is 21.1 Å². The lowest BCUT2D eigenvalue weighted by Crippen LogP contribution is -2.45. The second-order valence-electron chi connectivity index (χ2n) is 7.11. The molecule has 1 aliphatic rings. The van der Waals surface area contributed by atoms with Crippen molar-refractivity contribution in [1.29, 1.82) is 0 Å². The number of sulfone groups is 1. The van der Waals surface area contributed by atoms with Gasteiger partial charge in [-0.05, 0) is 43.4 Å². The molecule has 1 aliphatic heterocycles. The van der Waals surface area contributed by atoms with E-state index >= 15 is 0 Å². The second-order valence-corrected chi connectivity index (χ2v) is 11.3. The Morgan fingerprint density at radius 3 is 2.52 bits per heavy atom. The van der Waals surface area contributed by atoms with Gasteiger partial charge in [-0.2, -0.15) is 0 Å². The minimum absolute atomic E-state index is 0.0357. The summed E-state index contributed by atoms with van der Waals surface area (Å²) >= 11 is 0. The molecular formula is C18H28N2O5S2. The van der Waals surface area contributed by atoms with Gasteiger partial charge in [0.1, 0.15) is 5.75 Å². The van der Waals surface area contributed by atoms with Gasteiger partial charge < -0.3 is 4.90 Å². The van der Waals surface area contributed by atoms with E-state index in [4.69, 9.17) is 0 Å². The van der Waals surface area contributed by atoms with E-state index in [0.29, 0.717) is 12.1 Å². The van der Waals surface area contributed by atoms with E-state index in [0.717, 1.165) is 30.0 Å². The van der Waals surface area contributed by atoms with E-state index in [2.05, 4.69) is 0 Å². The first-order chi connectivity index (χ1) is 12.6. The summed E-state index contributed by atoms with van der Waals surface area (Å²) in [5, 5.41) is 0. The van der Waals surface area contributed by atoms with E-state index in [1.54, 1.807) is 11.0 Å². The average molecular weight is 417 g/mol. The molecule has 1 amide bonds. The number of amides is 1. The lowest BCUT2D eigenvalue weighted by Gasteiger charge is -2.35. The highest BCUT2D eigenvalue weighted by Gasteiger charge is 2.29. The summed E-state index contributed by atoms with van der Waals surface area (Å²) in [5.41, 5.74) is 0.358. The molecule has 1 unspecified atom stereocenters. The van der Waals surface area contributed by atoms with E-state index in [1.807, 2.05) is 6.92 Å². The van der Waals surface area contributed by atoms with Gasteiger partial charge in [0.15, 0.2) is 9.84 Å². The third kappa shape index (κ3) is 5.52. The molecule has 0 saturated carbocycles. The van der Waals surface area contributed by atoms with Gasteiger partial charge in [-0.1, -0.05) is 19.1 Å². The van der Waals surface area contributed by atoms with E-state index in [1.165, 1.54) is 32.3 Å². The average Bonchev–Trinajstić information content (AvgIpc) is 2.60. The molecule has 0 aliphatic carbocycles. The molecule has 0 bridgehead atoms. The molecule has 1 atom stereocenters. The fourth-order valence-electron chi connectivity index (χ4n) is 3.34. The van der Waals surface area contributed by atoms with Crippen molar-refractivity contribution < 1.29 is 21.6 Å². The molecule has 1 fully saturated rings. The number of carbonyl (C=O) groups excluding carboxylic acids is 1. The zero-order valence-corrected chi connectivity index (χ0v) is 17.7. The maximum absolute atomic E-state index is 12.5. The molecular weight excluding hydrogens is 388 g/mol. The fourth-order valence-corrected chi connectivity index (χ4v) is 5.64. The number of carbonyl (C=O) groups is 1. The summed E-state index contributed by atoms with van der Waals surface area (Å²) in [6, 6.07) is 5.96. The molecule has 0 radical (unpaired) electrons. The van der Waals surface area contributed by atoms with Crippen molar-refractivity contribution in [3.8, 4) is 0 Å². The molecule has 27 heavy (non-hydrogen) atoms. The van der Waals surface area contributed by atoms with Crippen LogP contribution in [-0.4, -0.2) is 64.4 Å². The number of hydrogen-bond acceptors (Lipinski definition) is 5. The number of hydrogen-bond donors (Lipinski definition) is 0. The lowest BCUT2D eigenvalue weighted by molar-refractivity contribution is -0.132. The van der Waals surface area contributed by atoms with Crippen molar-refractivity contribution in [1.82, 2.24) is 9.21 Å². The van der Waals surface area contributed by atoms with Crippen molar-refractivity contribution in [2.75, 3.05) is 26.4 Å². The van der Waals surface area contributed by atoms with Crippen molar-refractivity contribution in [2.45, 2.75) is 49.3 Å². The quantitative estimate of drug-likeness (QED) is 0.674. The van der Waals surface area contributed by atoms with Gasteiger partial charge in [-0.3, -0.25) is 4.79 Å². The summed E-state index contributed by atoms with van der Waals surface area (Å²) in [6.45, 7) is 2.60. The molecule has 1 aromatic rings. The van der Waals surface area contributed by atoms with Crippen LogP contribution in [0, 0.1) is 0 Å². The third-order valence-electron chi connectivity index (χ3n) is 4.83. The predicted molar refractivity (Wildman–Crippen MR) is 104 cm³/mol. The van der Waals surface area contributed by atoms with Crippen LogP contribution < -0.4 is 0 Å². The largest absolute Gasteiger partial charge is 0.339 e. The Labute approximate surface area is 162 Å². The normalized spacial score (nSPS) is 18.7. The zero-order valence-electron chi connectivity index (χ0n) is 16.1. The predicted octanol–water partition coefficient (Wildman–Crippen LogP) is 1.64. The van der Waals surface area contributed by atoms with Crippen LogP contribution in [0.1, 0.15) is 38.2 Å². The van der Waals surface area contributed by atoms with E-state index in [9.17, 15) is 21.6 Å². The summed E-state index contributed by atoms with van der Waals surface area (Å²) < 4.78 is 50.6. The highest BCUT2D eigenvalue weighted by molar-refractivity contribution is 7.91. The van der Waals surface area contributed by atoms with Crippen LogP contribution in [0.4, 0.5) is 0 Å². The molecule has 0 aromatic heterocycles. The summed E-state index contributed by atoms with van der Waals surface area (Å²) in [6.07, 6.45) is 3.68. The Balaban J connectivity index is 2.13. The van der Waals surface area contributed by atoms with Gasteiger partial charge in [0.25, 0.3) is 0 Å². The Bertz CT molecular complexity index is 879. The van der Waals surface area contributed by atoms with Gasteiger partial charge in [-0.15, -0.1) is 0 Å². The maximum atomic E-state index is 12.5. The van der Waals surface area contributed by atoms with Crippen LogP contribution in [0.25, 0.3) is 0 Å². The van der Waals surface area contributed by atoms with Crippen LogP contribution in [0.5, 0.6) is 0 Å². The first-order valence-corrected chi connectivity index (χ1v) is 12.3. The van der Waals surface area contributed by atoms with Gasteiger partial charge >= 0.3 is 0 Å². The van der Waals surface area contributed by atoms with Crippen molar-refractivity contribution in [3.05, 3.63) is 29.8 Å². The minimum atomic E-state index is -3.70. The third-order valence-corrected chi connectivity index (χ3v) is 8.10. The van der Waals surface area contributed by atoms with Crippen molar-refractivity contribution in [3.63, 3.8) is 0 Å². The lowest BCUT2D eigenvalue weighted by atomic mass is 10.0. The van der Waals surface area contributed by atoms with Gasteiger partial charge in [0.05, 0.1) is 10.6 Å². The molecule has 152 valence electrons. The Morgan fingerprint density at radius 1 is 1.19 bits per heavy atom. The first-order valence-electron chi connectivity index (χ1n) is 9.08. The molecule has 2 rings (SSSR count). The first kappa shape index (κ1) is 21.8. The van der Waals surface area contributed by atoms with Gasteiger partial charge in [0, 0.05) is 26.7 Å². The molecule has 9 heteroatoms. The summed E-state index contributed by atoms with van der Waals surface area (Å²) in [5.74, 6) is -1.27. The van der Waals surface area contributed by atoms with E-state index < -0.39 is 25.6 Å². The monoisotopic (exact) mass is 416 g/mol. The van der Waals surface area contributed by atoms with Crippen LogP contribution in [-0.2, 0) is 30.4 Å². The van der Waals surface area contributed by atoms with E-state index in [-0.39, 0.29) is 22.6 Å². The number of sulfonamides is 1. The highest BCUT2D eigenvalue weighted by atomic mass is 32.2. The number of piperidine rings is 1. The number of nitrogens with zero attached hydrogens (tertiary/aromatic N) is 2. The van der Waals surface area contributed by atoms with Gasteiger partial charge in [0.2, 0.25) is 15.9 Å². The Hall–Kier alpha value is -1.45. The number of likely N-dealkylation sites (tertiary alicyclic amines) is 1. The molecule has 0 spiro atoms. The smallest absolute Gasteiger partial charge is 0.242 e. The second kappa shape index (κ2) is 8.70. The molecule has 1 aromatic carbocycles. The SMILES string of the molecule is CCC1CCCCN1C(=O)CS(=O)(=O)Cc1cccc(S(=O)(=O)N(C)C)c1. The minimum Gasteiger partial charge on any atom is -0.339 e. The highest BCUT2D eigenvalue weighted by Crippen LogP contribution is 2.21.